The Labute approximate surface area is 185 Å². The highest BCUT2D eigenvalue weighted by Gasteiger charge is 2.55. The van der Waals surface area contributed by atoms with Crippen LogP contribution in [0.5, 0.6) is 0 Å². The van der Waals surface area contributed by atoms with Crippen LogP contribution >= 0.6 is 23.2 Å². The quantitative estimate of drug-likeness (QED) is 0.569. The molecule has 30 heavy (non-hydrogen) atoms. The summed E-state index contributed by atoms with van der Waals surface area (Å²) in [5.74, 6) is 0.822. The van der Waals surface area contributed by atoms with E-state index in [4.69, 9.17) is 27.7 Å². The molecule has 2 aliphatic rings. The lowest BCUT2D eigenvalue weighted by Gasteiger charge is -2.37. The van der Waals surface area contributed by atoms with Crippen molar-refractivity contribution < 1.29 is 9.32 Å². The summed E-state index contributed by atoms with van der Waals surface area (Å²) in [6.45, 7) is 3.01. The van der Waals surface area contributed by atoms with Crippen molar-refractivity contribution in [1.82, 2.24) is 10.1 Å². The van der Waals surface area contributed by atoms with Crippen LogP contribution in [0.25, 0.3) is 11.3 Å². The zero-order chi connectivity index (χ0) is 20.7. The van der Waals surface area contributed by atoms with Gasteiger partial charge in [0.15, 0.2) is 5.76 Å². The molecule has 0 N–H and O–H groups in total. The van der Waals surface area contributed by atoms with Crippen LogP contribution in [-0.2, 0) is 10.2 Å². The molecular weight excluding hydrogens is 421 g/mol. The highest BCUT2D eigenvalue weighted by molar-refractivity contribution is 6.30. The van der Waals surface area contributed by atoms with E-state index in [2.05, 4.69) is 10.1 Å². The highest BCUT2D eigenvalue weighted by atomic mass is 35.5. The van der Waals surface area contributed by atoms with E-state index in [9.17, 15) is 4.79 Å². The maximum Gasteiger partial charge on any atom is 0.235 e. The first-order valence-electron chi connectivity index (χ1n) is 10.1. The summed E-state index contributed by atoms with van der Waals surface area (Å²) in [4.78, 5) is 17.6. The van der Waals surface area contributed by atoms with E-state index in [0.29, 0.717) is 23.9 Å². The zero-order valence-corrected chi connectivity index (χ0v) is 17.9. The molecule has 0 atom stereocenters. The Bertz CT molecular complexity index is 1050. The largest absolute Gasteiger partial charge is 0.368 e. The van der Waals surface area contributed by atoms with Crippen molar-refractivity contribution in [1.29, 1.82) is 0 Å². The first-order chi connectivity index (χ1) is 14.5. The molecule has 1 aromatic heterocycles. The van der Waals surface area contributed by atoms with Crippen molar-refractivity contribution in [2.24, 2.45) is 0 Å². The minimum absolute atomic E-state index is 0.161. The average molecular weight is 442 g/mol. The van der Waals surface area contributed by atoms with E-state index in [-0.39, 0.29) is 5.91 Å². The monoisotopic (exact) mass is 441 g/mol. The molecular formula is C23H21Cl2N3O2. The number of piperazine rings is 1. The van der Waals surface area contributed by atoms with Gasteiger partial charge in [0.1, 0.15) is 0 Å². The van der Waals surface area contributed by atoms with Crippen LogP contribution in [0.15, 0.2) is 59.1 Å². The van der Waals surface area contributed by atoms with Crippen LogP contribution in [0.2, 0.25) is 10.0 Å². The van der Waals surface area contributed by atoms with Crippen LogP contribution in [-0.4, -0.2) is 42.1 Å². The van der Waals surface area contributed by atoms with Crippen molar-refractivity contribution in [2.45, 2.75) is 18.3 Å². The number of anilines is 1. The van der Waals surface area contributed by atoms with Crippen molar-refractivity contribution in [3.8, 4) is 11.3 Å². The van der Waals surface area contributed by atoms with Crippen LogP contribution in [0.1, 0.15) is 18.5 Å². The number of halogens is 2. The summed E-state index contributed by atoms with van der Waals surface area (Å²) in [6.07, 6.45) is 1.63. The van der Waals surface area contributed by atoms with Crippen molar-refractivity contribution >= 4 is 34.8 Å². The third-order valence-corrected chi connectivity index (χ3v) is 6.55. The molecule has 2 aromatic carbocycles. The third-order valence-electron chi connectivity index (χ3n) is 6.05. The fraction of sp³-hybridized carbons (Fsp3) is 0.304. The Hall–Kier alpha value is -2.50. The van der Waals surface area contributed by atoms with Crippen LogP contribution in [0, 0.1) is 0 Å². The first-order valence-corrected chi connectivity index (χ1v) is 10.8. The molecule has 1 aliphatic heterocycles. The van der Waals surface area contributed by atoms with Gasteiger partial charge in [0.05, 0.1) is 11.1 Å². The molecule has 5 nitrogen and oxygen atoms in total. The number of hydrogen-bond donors (Lipinski definition) is 0. The molecule has 0 unspecified atom stereocenters. The molecule has 0 bridgehead atoms. The predicted octanol–water partition coefficient (Wildman–Crippen LogP) is 5.03. The predicted molar refractivity (Wildman–Crippen MR) is 118 cm³/mol. The van der Waals surface area contributed by atoms with Crippen LogP contribution < -0.4 is 4.90 Å². The summed E-state index contributed by atoms with van der Waals surface area (Å²) in [6, 6.07) is 17.2. The van der Waals surface area contributed by atoms with Crippen molar-refractivity contribution in [3.05, 3.63) is 70.3 Å². The number of benzene rings is 2. The lowest BCUT2D eigenvalue weighted by Crippen LogP contribution is -2.51. The van der Waals surface area contributed by atoms with Gasteiger partial charge in [0, 0.05) is 53.5 Å². The van der Waals surface area contributed by atoms with Gasteiger partial charge in [-0.15, -0.1) is 0 Å². The lowest BCUT2D eigenvalue weighted by atomic mass is 9.99. The molecule has 1 saturated carbocycles. The summed E-state index contributed by atoms with van der Waals surface area (Å²) >= 11 is 12.0. The smallest absolute Gasteiger partial charge is 0.235 e. The van der Waals surface area contributed by atoms with Gasteiger partial charge >= 0.3 is 0 Å². The molecule has 0 spiro atoms. The number of aromatic nitrogens is 1. The molecule has 2 heterocycles. The van der Waals surface area contributed by atoms with E-state index in [1.165, 1.54) is 0 Å². The van der Waals surface area contributed by atoms with E-state index in [0.717, 1.165) is 47.9 Å². The molecule has 1 amide bonds. The van der Waals surface area contributed by atoms with Crippen LogP contribution in [0.3, 0.4) is 0 Å². The topological polar surface area (TPSA) is 49.6 Å². The molecule has 5 rings (SSSR count). The summed E-state index contributed by atoms with van der Waals surface area (Å²) in [5.41, 5.74) is 2.24. The third kappa shape index (κ3) is 3.57. The molecule has 1 saturated heterocycles. The summed E-state index contributed by atoms with van der Waals surface area (Å²) in [5, 5.41) is 5.66. The number of carbonyl (C=O) groups is 1. The van der Waals surface area contributed by atoms with Crippen molar-refractivity contribution in [3.63, 3.8) is 0 Å². The normalized spacial score (nSPS) is 17.8. The molecule has 2 fully saturated rings. The Morgan fingerprint density at radius 2 is 1.50 bits per heavy atom. The highest BCUT2D eigenvalue weighted by Crippen LogP contribution is 2.50. The molecule has 154 valence electrons. The average Bonchev–Trinajstić information content (AvgIpc) is 3.44. The fourth-order valence-electron chi connectivity index (χ4n) is 4.08. The second kappa shape index (κ2) is 7.64. The Morgan fingerprint density at radius 1 is 0.900 bits per heavy atom. The maximum atomic E-state index is 13.4. The maximum absolute atomic E-state index is 13.4. The lowest BCUT2D eigenvalue weighted by molar-refractivity contribution is -0.134. The zero-order valence-electron chi connectivity index (χ0n) is 16.4. The van der Waals surface area contributed by atoms with E-state index < -0.39 is 5.41 Å². The number of amides is 1. The van der Waals surface area contributed by atoms with Gasteiger partial charge in [-0.05, 0) is 61.4 Å². The molecule has 7 heteroatoms. The Balaban J connectivity index is 1.27. The van der Waals surface area contributed by atoms with Gasteiger partial charge in [-0.1, -0.05) is 28.4 Å². The standard InChI is InChI=1S/C23H21Cl2N3O2/c24-17-3-1-16(2-4-17)20-15-21(26-30-20)23(9-10-23)22(29)28-13-11-27(12-14-28)19-7-5-18(25)6-8-19/h1-8,15H,9-14H2. The van der Waals surface area contributed by atoms with Crippen LogP contribution in [0.4, 0.5) is 5.69 Å². The van der Waals surface area contributed by atoms with Crippen molar-refractivity contribution in [2.75, 3.05) is 31.1 Å². The number of rotatable bonds is 4. The minimum atomic E-state index is -0.531. The number of carbonyl (C=O) groups excluding carboxylic acids is 1. The Kier molecular flexibility index (Phi) is 4.95. The second-order valence-electron chi connectivity index (χ2n) is 7.92. The van der Waals surface area contributed by atoms with Gasteiger partial charge < -0.3 is 14.3 Å². The SMILES string of the molecule is O=C(N1CCN(c2ccc(Cl)cc2)CC1)C1(c2cc(-c3ccc(Cl)cc3)on2)CC1. The second-order valence-corrected chi connectivity index (χ2v) is 8.79. The van der Waals surface area contributed by atoms with E-state index >= 15 is 0 Å². The molecule has 0 radical (unpaired) electrons. The minimum Gasteiger partial charge on any atom is -0.368 e. The summed E-state index contributed by atoms with van der Waals surface area (Å²) in [7, 11) is 0. The van der Waals surface area contributed by atoms with E-state index in [1.807, 2.05) is 59.5 Å². The molecule has 1 aliphatic carbocycles. The van der Waals surface area contributed by atoms with Gasteiger partial charge in [-0.2, -0.15) is 0 Å². The van der Waals surface area contributed by atoms with Gasteiger partial charge in [-0.3, -0.25) is 4.79 Å². The number of nitrogens with zero attached hydrogens (tertiary/aromatic N) is 3. The Morgan fingerprint density at radius 3 is 2.10 bits per heavy atom. The first kappa shape index (κ1) is 19.5. The van der Waals surface area contributed by atoms with E-state index in [1.54, 1.807) is 0 Å². The fourth-order valence-corrected chi connectivity index (χ4v) is 4.33. The van der Waals surface area contributed by atoms with Gasteiger partial charge in [0.2, 0.25) is 5.91 Å². The van der Waals surface area contributed by atoms with Gasteiger partial charge in [-0.25, -0.2) is 0 Å². The summed E-state index contributed by atoms with van der Waals surface area (Å²) < 4.78 is 5.56. The van der Waals surface area contributed by atoms with Gasteiger partial charge in [0.25, 0.3) is 0 Å². The molecule has 3 aromatic rings. The number of hydrogen-bond acceptors (Lipinski definition) is 4.